The Kier molecular flexibility index (Phi) is 6.93. The normalized spacial score (nSPS) is 13.3. The average molecular weight is 256 g/mol. The van der Waals surface area contributed by atoms with Crippen LogP contribution in [0.3, 0.4) is 0 Å². The number of hydrogen-bond donors (Lipinski definition) is 0. The first-order chi connectivity index (χ1) is 8.43. The van der Waals surface area contributed by atoms with Gasteiger partial charge in [-0.1, -0.05) is 6.08 Å². The summed E-state index contributed by atoms with van der Waals surface area (Å²) in [6, 6.07) is 0. The van der Waals surface area contributed by atoms with Gasteiger partial charge in [-0.2, -0.15) is 0 Å². The molecule has 0 aromatic heterocycles. The Morgan fingerprint density at radius 2 is 1.72 bits per heavy atom. The van der Waals surface area contributed by atoms with Crippen molar-refractivity contribution in [3.05, 3.63) is 12.7 Å². The largest absolute Gasteiger partial charge is 0.465 e. The van der Waals surface area contributed by atoms with Crippen molar-refractivity contribution in [3.8, 4) is 0 Å². The van der Waals surface area contributed by atoms with Crippen LogP contribution in [0.15, 0.2) is 12.7 Å². The highest BCUT2D eigenvalue weighted by molar-refractivity contribution is 6.39. The third kappa shape index (κ3) is 3.98. The summed E-state index contributed by atoms with van der Waals surface area (Å²) in [6.07, 6.45) is 2.18. The lowest BCUT2D eigenvalue weighted by Crippen LogP contribution is -2.42. The lowest BCUT2D eigenvalue weighted by molar-refractivity contribution is -0.168. The Hall–Kier alpha value is -1.65. The van der Waals surface area contributed by atoms with Crippen LogP contribution in [0.25, 0.3) is 0 Å². The molecule has 0 aliphatic carbocycles. The van der Waals surface area contributed by atoms with Crippen LogP contribution < -0.4 is 0 Å². The van der Waals surface area contributed by atoms with Gasteiger partial charge in [-0.25, -0.2) is 4.79 Å². The standard InChI is InChI=1S/C13H20O5/c1-5-8-9-13(4,12(16)18-7-3)10(14)11(15)17-6-2/h5H,1,6-9H2,2-4H3. The molecule has 0 heterocycles. The molecule has 0 amide bonds. The first-order valence-electron chi connectivity index (χ1n) is 5.93. The maximum absolute atomic E-state index is 12.0. The number of ether oxygens (including phenoxy) is 2. The zero-order valence-electron chi connectivity index (χ0n) is 11.2. The van der Waals surface area contributed by atoms with E-state index in [1.54, 1.807) is 19.9 Å². The quantitative estimate of drug-likeness (QED) is 0.286. The van der Waals surface area contributed by atoms with Crippen molar-refractivity contribution in [3.63, 3.8) is 0 Å². The Bertz CT molecular complexity index is 334. The molecule has 5 heteroatoms. The van der Waals surface area contributed by atoms with Crippen LogP contribution in [0, 0.1) is 5.41 Å². The fraction of sp³-hybridized carbons (Fsp3) is 0.615. The van der Waals surface area contributed by atoms with Gasteiger partial charge in [0.2, 0.25) is 0 Å². The molecule has 18 heavy (non-hydrogen) atoms. The number of rotatable bonds is 8. The van der Waals surface area contributed by atoms with E-state index < -0.39 is 23.1 Å². The van der Waals surface area contributed by atoms with E-state index in [1.165, 1.54) is 6.92 Å². The van der Waals surface area contributed by atoms with E-state index in [4.69, 9.17) is 4.74 Å². The third-order valence-corrected chi connectivity index (χ3v) is 2.54. The van der Waals surface area contributed by atoms with E-state index >= 15 is 0 Å². The number of allylic oxidation sites excluding steroid dienone is 1. The van der Waals surface area contributed by atoms with Crippen LogP contribution in [-0.4, -0.2) is 30.9 Å². The van der Waals surface area contributed by atoms with Gasteiger partial charge in [0, 0.05) is 0 Å². The lowest BCUT2D eigenvalue weighted by atomic mass is 9.81. The van der Waals surface area contributed by atoms with Crippen molar-refractivity contribution >= 4 is 17.7 Å². The minimum atomic E-state index is -1.50. The highest BCUT2D eigenvalue weighted by atomic mass is 16.5. The maximum atomic E-state index is 12.0. The maximum Gasteiger partial charge on any atom is 0.375 e. The molecule has 0 aromatic rings. The first kappa shape index (κ1) is 16.4. The summed E-state index contributed by atoms with van der Waals surface area (Å²) >= 11 is 0. The second-order valence-corrected chi connectivity index (χ2v) is 3.93. The van der Waals surface area contributed by atoms with Gasteiger partial charge >= 0.3 is 11.9 Å². The van der Waals surface area contributed by atoms with Crippen LogP contribution in [0.2, 0.25) is 0 Å². The van der Waals surface area contributed by atoms with Gasteiger partial charge in [0.15, 0.2) is 0 Å². The summed E-state index contributed by atoms with van der Waals surface area (Å²) in [7, 11) is 0. The summed E-state index contributed by atoms with van der Waals surface area (Å²) in [5, 5.41) is 0. The Balaban J connectivity index is 5.06. The van der Waals surface area contributed by atoms with Gasteiger partial charge in [-0.3, -0.25) is 9.59 Å². The third-order valence-electron chi connectivity index (χ3n) is 2.54. The minimum Gasteiger partial charge on any atom is -0.465 e. The topological polar surface area (TPSA) is 69.7 Å². The number of esters is 2. The summed E-state index contributed by atoms with van der Waals surface area (Å²) in [5.74, 6) is -2.58. The number of Topliss-reactive ketones (excluding diaryl/α,β-unsaturated/α-hetero) is 1. The van der Waals surface area contributed by atoms with Crippen molar-refractivity contribution in [2.75, 3.05) is 13.2 Å². The highest BCUT2D eigenvalue weighted by Crippen LogP contribution is 2.27. The predicted molar refractivity (Wildman–Crippen MR) is 65.8 cm³/mol. The highest BCUT2D eigenvalue weighted by Gasteiger charge is 2.45. The molecule has 0 bridgehead atoms. The van der Waals surface area contributed by atoms with E-state index in [1.807, 2.05) is 0 Å². The molecule has 0 aliphatic heterocycles. The second-order valence-electron chi connectivity index (χ2n) is 3.93. The van der Waals surface area contributed by atoms with Crippen LogP contribution in [0.4, 0.5) is 0 Å². The summed E-state index contributed by atoms with van der Waals surface area (Å²) in [6.45, 7) is 8.40. The van der Waals surface area contributed by atoms with E-state index in [0.717, 1.165) is 0 Å². The molecule has 0 radical (unpaired) electrons. The molecule has 0 aromatic carbocycles. The lowest BCUT2D eigenvalue weighted by Gasteiger charge is -2.23. The Morgan fingerprint density at radius 1 is 1.17 bits per heavy atom. The number of ketones is 1. The average Bonchev–Trinajstić information content (AvgIpc) is 2.35. The van der Waals surface area contributed by atoms with Crippen LogP contribution >= 0.6 is 0 Å². The molecule has 0 aliphatic rings. The summed E-state index contributed by atoms with van der Waals surface area (Å²) in [4.78, 5) is 35.3. The SMILES string of the molecule is C=CCCC(C)(C(=O)OCC)C(=O)C(=O)OCC. The number of carbonyl (C=O) groups is 3. The van der Waals surface area contributed by atoms with E-state index in [2.05, 4.69) is 11.3 Å². The molecule has 0 rings (SSSR count). The molecular weight excluding hydrogens is 236 g/mol. The summed E-state index contributed by atoms with van der Waals surface area (Å²) < 4.78 is 9.49. The van der Waals surface area contributed by atoms with E-state index in [-0.39, 0.29) is 19.6 Å². The zero-order chi connectivity index (χ0) is 14.2. The Morgan fingerprint density at radius 3 is 2.17 bits per heavy atom. The minimum absolute atomic E-state index is 0.0882. The van der Waals surface area contributed by atoms with Crippen LogP contribution in [-0.2, 0) is 23.9 Å². The molecule has 5 nitrogen and oxygen atoms in total. The molecule has 0 spiro atoms. The van der Waals surface area contributed by atoms with Crippen molar-refractivity contribution in [2.45, 2.75) is 33.6 Å². The fourth-order valence-corrected chi connectivity index (χ4v) is 1.41. The first-order valence-corrected chi connectivity index (χ1v) is 5.93. The summed E-state index contributed by atoms with van der Waals surface area (Å²) in [5.41, 5.74) is -1.50. The van der Waals surface area contributed by atoms with Gasteiger partial charge < -0.3 is 9.47 Å². The number of hydrogen-bond acceptors (Lipinski definition) is 5. The van der Waals surface area contributed by atoms with Gasteiger partial charge in [0.25, 0.3) is 5.78 Å². The molecule has 0 N–H and O–H groups in total. The van der Waals surface area contributed by atoms with Crippen molar-refractivity contribution in [1.82, 2.24) is 0 Å². The molecule has 0 saturated carbocycles. The van der Waals surface area contributed by atoms with Crippen LogP contribution in [0.5, 0.6) is 0 Å². The monoisotopic (exact) mass is 256 g/mol. The second kappa shape index (κ2) is 7.63. The molecular formula is C13H20O5. The fourth-order valence-electron chi connectivity index (χ4n) is 1.41. The van der Waals surface area contributed by atoms with E-state index in [9.17, 15) is 14.4 Å². The van der Waals surface area contributed by atoms with Crippen molar-refractivity contribution in [2.24, 2.45) is 5.41 Å². The van der Waals surface area contributed by atoms with Gasteiger partial charge in [-0.15, -0.1) is 6.58 Å². The Labute approximate surface area is 107 Å². The molecule has 0 fully saturated rings. The predicted octanol–water partition coefficient (Wildman–Crippen LogP) is 1.65. The van der Waals surface area contributed by atoms with Crippen molar-refractivity contribution < 1.29 is 23.9 Å². The van der Waals surface area contributed by atoms with Gasteiger partial charge in [0.1, 0.15) is 5.41 Å². The molecule has 1 unspecified atom stereocenters. The van der Waals surface area contributed by atoms with E-state index in [0.29, 0.717) is 6.42 Å². The van der Waals surface area contributed by atoms with Gasteiger partial charge in [-0.05, 0) is 33.6 Å². The molecule has 102 valence electrons. The van der Waals surface area contributed by atoms with Crippen molar-refractivity contribution in [1.29, 1.82) is 0 Å². The van der Waals surface area contributed by atoms with Crippen LogP contribution in [0.1, 0.15) is 33.6 Å². The number of carbonyl (C=O) groups excluding carboxylic acids is 3. The molecule has 0 saturated heterocycles. The molecule has 1 atom stereocenters. The van der Waals surface area contributed by atoms with Gasteiger partial charge in [0.05, 0.1) is 13.2 Å². The smallest absolute Gasteiger partial charge is 0.375 e. The zero-order valence-corrected chi connectivity index (χ0v) is 11.2.